The molecule has 0 fully saturated rings. The minimum absolute atomic E-state index is 0.0981. The molecule has 2 aromatic rings. The molecule has 1 aromatic heterocycles. The van der Waals surface area contributed by atoms with E-state index in [4.69, 9.17) is 16.3 Å². The minimum Gasteiger partial charge on any atom is -0.494 e. The largest absolute Gasteiger partial charge is 0.494 e. The van der Waals surface area contributed by atoms with Crippen LogP contribution in [0.25, 0.3) is 11.3 Å². The van der Waals surface area contributed by atoms with E-state index in [1.807, 2.05) is 31.2 Å². The molecule has 0 unspecified atom stereocenters. The summed E-state index contributed by atoms with van der Waals surface area (Å²) in [6, 6.07) is 7.31. The Morgan fingerprint density at radius 2 is 2.14 bits per heavy atom. The van der Waals surface area contributed by atoms with Crippen LogP contribution in [-0.2, 0) is 0 Å². The molecular formula is C15H19N5O2. The van der Waals surface area contributed by atoms with Gasteiger partial charge in [-0.1, -0.05) is 19.1 Å². The van der Waals surface area contributed by atoms with Crippen LogP contribution >= 0.6 is 0 Å². The van der Waals surface area contributed by atoms with Crippen molar-refractivity contribution in [3.05, 3.63) is 35.5 Å². The van der Waals surface area contributed by atoms with Gasteiger partial charge in [0.15, 0.2) is 0 Å². The summed E-state index contributed by atoms with van der Waals surface area (Å²) in [5.41, 5.74) is 9.72. The van der Waals surface area contributed by atoms with Crippen LogP contribution in [0.15, 0.2) is 24.3 Å². The molecule has 0 bridgehead atoms. The Balaban J connectivity index is 2.54. The molecular weight excluding hydrogens is 282 g/mol. The van der Waals surface area contributed by atoms with Crippen molar-refractivity contribution in [3.8, 4) is 17.0 Å². The molecule has 0 aliphatic heterocycles. The molecule has 0 atom stereocenters. The highest BCUT2D eigenvalue weighted by Crippen LogP contribution is 2.27. The van der Waals surface area contributed by atoms with Gasteiger partial charge in [0.2, 0.25) is 5.95 Å². The minimum atomic E-state index is -0.465. The van der Waals surface area contributed by atoms with E-state index >= 15 is 0 Å². The zero-order valence-corrected chi connectivity index (χ0v) is 12.6. The number of hydrogen-bond donors (Lipinski definition) is 3. The van der Waals surface area contributed by atoms with Crippen LogP contribution in [0.2, 0.25) is 0 Å². The molecule has 1 amide bonds. The van der Waals surface area contributed by atoms with Gasteiger partial charge in [0, 0.05) is 5.56 Å². The van der Waals surface area contributed by atoms with E-state index in [1.54, 1.807) is 6.92 Å². The predicted octanol–water partition coefficient (Wildman–Crippen LogP) is 1.43. The van der Waals surface area contributed by atoms with Gasteiger partial charge in [-0.25, -0.2) is 15.8 Å². The average Bonchev–Trinajstić information content (AvgIpc) is 2.51. The van der Waals surface area contributed by atoms with Crippen molar-refractivity contribution < 1.29 is 9.53 Å². The highest BCUT2D eigenvalue weighted by molar-refractivity contribution is 6.00. The molecule has 0 saturated carbocycles. The van der Waals surface area contributed by atoms with E-state index in [2.05, 4.69) is 15.4 Å². The number of nitrogens with one attached hydrogen (secondary N) is 1. The number of benzene rings is 1. The topological polar surface area (TPSA) is 116 Å². The zero-order valence-electron chi connectivity index (χ0n) is 12.6. The molecule has 7 nitrogen and oxygen atoms in total. The lowest BCUT2D eigenvalue weighted by atomic mass is 10.0. The first-order valence-corrected chi connectivity index (χ1v) is 6.95. The number of nitrogen functional groups attached to an aromatic ring is 2. The average molecular weight is 301 g/mol. The van der Waals surface area contributed by atoms with Crippen LogP contribution in [0, 0.1) is 6.92 Å². The fraction of sp³-hybridized carbons (Fsp3) is 0.267. The molecule has 5 N–H and O–H groups in total. The van der Waals surface area contributed by atoms with E-state index in [-0.39, 0.29) is 5.95 Å². The van der Waals surface area contributed by atoms with Crippen molar-refractivity contribution in [2.45, 2.75) is 20.3 Å². The number of aryl methyl sites for hydroxylation is 1. The van der Waals surface area contributed by atoms with E-state index in [0.29, 0.717) is 34.9 Å². The molecule has 0 spiro atoms. The van der Waals surface area contributed by atoms with Gasteiger partial charge in [0.1, 0.15) is 5.75 Å². The highest BCUT2D eigenvalue weighted by atomic mass is 16.5. The number of carbonyl (C=O) groups is 1. The fourth-order valence-corrected chi connectivity index (χ4v) is 2.10. The van der Waals surface area contributed by atoms with Crippen LogP contribution in [0.1, 0.15) is 29.4 Å². The third kappa shape index (κ3) is 3.32. The number of nitrogens with two attached hydrogens (primary N) is 2. The molecule has 0 radical (unpaired) electrons. The van der Waals surface area contributed by atoms with Gasteiger partial charge >= 0.3 is 0 Å². The second-order valence-electron chi connectivity index (χ2n) is 4.74. The number of nitrogens with zero attached hydrogens (tertiary/aromatic N) is 2. The first-order chi connectivity index (χ1) is 10.6. The number of rotatable bonds is 5. The van der Waals surface area contributed by atoms with Gasteiger partial charge in [-0.15, -0.1) is 0 Å². The summed E-state index contributed by atoms with van der Waals surface area (Å²) in [5.74, 6) is 5.58. The van der Waals surface area contributed by atoms with Crippen molar-refractivity contribution in [1.29, 1.82) is 0 Å². The van der Waals surface area contributed by atoms with E-state index < -0.39 is 5.91 Å². The van der Waals surface area contributed by atoms with Crippen LogP contribution in [0.4, 0.5) is 5.95 Å². The number of hydrogen-bond acceptors (Lipinski definition) is 6. The summed E-state index contributed by atoms with van der Waals surface area (Å²) in [4.78, 5) is 20.2. The molecule has 2 rings (SSSR count). The third-order valence-electron chi connectivity index (χ3n) is 3.05. The maximum Gasteiger partial charge on any atom is 0.269 e. The Hall–Kier alpha value is -2.67. The maximum absolute atomic E-state index is 12.0. The van der Waals surface area contributed by atoms with Crippen molar-refractivity contribution in [2.24, 2.45) is 5.84 Å². The highest BCUT2D eigenvalue weighted by Gasteiger charge is 2.19. The Bertz CT molecular complexity index is 688. The standard InChI is InChI=1S/C15H19N5O2/c1-3-7-22-11-6-4-5-10(8-11)13-12(14(21)20-17)9(2)18-15(16)19-13/h4-6,8H,3,7,17H2,1-2H3,(H,20,21)(H2,16,18,19). The number of ether oxygens (including phenoxy) is 1. The molecule has 0 aliphatic carbocycles. The van der Waals surface area contributed by atoms with Crippen LogP contribution < -0.4 is 21.7 Å². The van der Waals surface area contributed by atoms with Crippen molar-refractivity contribution >= 4 is 11.9 Å². The molecule has 116 valence electrons. The lowest BCUT2D eigenvalue weighted by molar-refractivity contribution is 0.0953. The monoisotopic (exact) mass is 301 g/mol. The van der Waals surface area contributed by atoms with Crippen molar-refractivity contribution in [1.82, 2.24) is 15.4 Å². The maximum atomic E-state index is 12.0. The molecule has 1 heterocycles. The van der Waals surface area contributed by atoms with Gasteiger partial charge in [0.05, 0.1) is 23.6 Å². The molecule has 0 saturated heterocycles. The lowest BCUT2D eigenvalue weighted by Crippen LogP contribution is -2.31. The number of aromatic nitrogens is 2. The normalized spacial score (nSPS) is 10.3. The van der Waals surface area contributed by atoms with Gasteiger partial charge < -0.3 is 10.5 Å². The Morgan fingerprint density at radius 1 is 1.36 bits per heavy atom. The van der Waals surface area contributed by atoms with Crippen molar-refractivity contribution in [3.63, 3.8) is 0 Å². The quantitative estimate of drug-likeness (QED) is 0.437. The van der Waals surface area contributed by atoms with Gasteiger partial charge in [-0.2, -0.15) is 0 Å². The summed E-state index contributed by atoms with van der Waals surface area (Å²) in [7, 11) is 0. The summed E-state index contributed by atoms with van der Waals surface area (Å²) in [5, 5.41) is 0. The van der Waals surface area contributed by atoms with Crippen molar-refractivity contribution in [2.75, 3.05) is 12.3 Å². The second-order valence-corrected chi connectivity index (χ2v) is 4.74. The predicted molar refractivity (Wildman–Crippen MR) is 84.1 cm³/mol. The third-order valence-corrected chi connectivity index (χ3v) is 3.05. The Labute approximate surface area is 128 Å². The van der Waals surface area contributed by atoms with Gasteiger partial charge in [0.25, 0.3) is 5.91 Å². The van der Waals surface area contributed by atoms with E-state index in [0.717, 1.165) is 6.42 Å². The van der Waals surface area contributed by atoms with Crippen LogP contribution in [-0.4, -0.2) is 22.5 Å². The summed E-state index contributed by atoms with van der Waals surface area (Å²) < 4.78 is 5.60. The molecule has 7 heteroatoms. The summed E-state index contributed by atoms with van der Waals surface area (Å²) >= 11 is 0. The summed E-state index contributed by atoms with van der Waals surface area (Å²) in [6.45, 7) is 4.33. The first kappa shape index (κ1) is 15.7. The SMILES string of the molecule is CCCOc1cccc(-c2nc(N)nc(C)c2C(=O)NN)c1. The number of carbonyl (C=O) groups excluding carboxylic acids is 1. The molecule has 1 aromatic carbocycles. The number of anilines is 1. The van der Waals surface area contributed by atoms with Gasteiger partial charge in [-0.3, -0.25) is 10.2 Å². The fourth-order valence-electron chi connectivity index (χ4n) is 2.10. The van der Waals surface area contributed by atoms with E-state index in [1.165, 1.54) is 0 Å². The number of hydrazine groups is 1. The van der Waals surface area contributed by atoms with Gasteiger partial charge in [-0.05, 0) is 25.5 Å². The molecule has 0 aliphatic rings. The lowest BCUT2D eigenvalue weighted by Gasteiger charge is -2.12. The van der Waals surface area contributed by atoms with Crippen LogP contribution in [0.3, 0.4) is 0 Å². The summed E-state index contributed by atoms with van der Waals surface area (Å²) in [6.07, 6.45) is 0.907. The Morgan fingerprint density at radius 3 is 2.82 bits per heavy atom. The number of amides is 1. The second kappa shape index (κ2) is 6.86. The zero-order chi connectivity index (χ0) is 16.1. The first-order valence-electron chi connectivity index (χ1n) is 6.95. The van der Waals surface area contributed by atoms with Crippen LogP contribution in [0.5, 0.6) is 5.75 Å². The van der Waals surface area contributed by atoms with E-state index in [9.17, 15) is 4.79 Å². The smallest absolute Gasteiger partial charge is 0.269 e. The Kier molecular flexibility index (Phi) is 4.90. The molecule has 22 heavy (non-hydrogen) atoms.